The van der Waals surface area contributed by atoms with Crippen LogP contribution in [0.4, 0.5) is 0 Å². The maximum absolute atomic E-state index is 12.4. The van der Waals surface area contributed by atoms with Crippen LogP contribution in [0.2, 0.25) is 4.34 Å². The molecule has 0 unspecified atom stereocenters. The second-order valence-electron chi connectivity index (χ2n) is 5.80. The highest BCUT2D eigenvalue weighted by Gasteiger charge is 2.36. The highest BCUT2D eigenvalue weighted by molar-refractivity contribution is 7.18. The minimum absolute atomic E-state index is 0.0353. The fourth-order valence-corrected chi connectivity index (χ4v) is 4.20. The van der Waals surface area contributed by atoms with Crippen LogP contribution in [0, 0.1) is 12.3 Å². The van der Waals surface area contributed by atoms with E-state index < -0.39 is 5.97 Å². The van der Waals surface area contributed by atoms with Gasteiger partial charge in [-0.3, -0.25) is 9.59 Å². The number of hydrogen-bond acceptors (Lipinski definition) is 3. The number of carboxylic acids is 1. The van der Waals surface area contributed by atoms with E-state index in [-0.39, 0.29) is 17.6 Å². The highest BCUT2D eigenvalue weighted by Crippen LogP contribution is 2.43. The van der Waals surface area contributed by atoms with Crippen molar-refractivity contribution in [1.82, 2.24) is 0 Å². The quantitative estimate of drug-likeness (QED) is 0.801. The summed E-state index contributed by atoms with van der Waals surface area (Å²) >= 11 is 7.30. The minimum Gasteiger partial charge on any atom is -0.481 e. The first kappa shape index (κ1) is 15.5. The second-order valence-corrected chi connectivity index (χ2v) is 7.45. The van der Waals surface area contributed by atoms with Gasteiger partial charge in [0.1, 0.15) is 0 Å². The highest BCUT2D eigenvalue weighted by atomic mass is 35.5. The van der Waals surface area contributed by atoms with Gasteiger partial charge in [-0.2, -0.15) is 0 Å². The van der Waals surface area contributed by atoms with E-state index in [1.54, 1.807) is 0 Å². The van der Waals surface area contributed by atoms with Crippen molar-refractivity contribution >= 4 is 34.7 Å². The molecule has 0 bridgehead atoms. The number of aliphatic carboxylic acids is 1. The van der Waals surface area contributed by atoms with Gasteiger partial charge < -0.3 is 5.11 Å². The SMILES string of the molecule is Cc1cc(C(=O)CC2(CC(=O)O)CCCCC2)sc1Cl. The summed E-state index contributed by atoms with van der Waals surface area (Å²) in [5.74, 6) is -0.770. The van der Waals surface area contributed by atoms with Gasteiger partial charge in [0, 0.05) is 6.42 Å². The van der Waals surface area contributed by atoms with Crippen molar-refractivity contribution in [2.45, 2.75) is 51.9 Å². The smallest absolute Gasteiger partial charge is 0.303 e. The molecular formula is C15H19ClO3S. The molecule has 1 heterocycles. The van der Waals surface area contributed by atoms with Gasteiger partial charge in [-0.05, 0) is 36.8 Å². The van der Waals surface area contributed by atoms with Crippen LogP contribution in [0.5, 0.6) is 0 Å². The number of rotatable bonds is 5. The van der Waals surface area contributed by atoms with Crippen LogP contribution in [0.15, 0.2) is 6.07 Å². The Bertz CT molecular complexity index is 496. The first-order chi connectivity index (χ1) is 9.42. The van der Waals surface area contributed by atoms with Gasteiger partial charge in [-0.15, -0.1) is 11.3 Å². The third-order valence-electron chi connectivity index (χ3n) is 4.11. The molecule has 1 N–H and O–H groups in total. The Morgan fingerprint density at radius 2 is 1.95 bits per heavy atom. The Balaban J connectivity index is 2.14. The predicted molar refractivity (Wildman–Crippen MR) is 80.8 cm³/mol. The van der Waals surface area contributed by atoms with E-state index in [9.17, 15) is 9.59 Å². The van der Waals surface area contributed by atoms with Crippen LogP contribution in [0.1, 0.15) is 60.2 Å². The molecule has 1 saturated carbocycles. The van der Waals surface area contributed by atoms with Crippen molar-refractivity contribution in [3.05, 3.63) is 20.8 Å². The average Bonchev–Trinajstić information content (AvgIpc) is 2.69. The third-order valence-corrected chi connectivity index (χ3v) is 5.70. The zero-order chi connectivity index (χ0) is 14.8. The van der Waals surface area contributed by atoms with E-state index in [4.69, 9.17) is 16.7 Å². The Kier molecular flexibility index (Phi) is 4.86. The summed E-state index contributed by atoms with van der Waals surface area (Å²) in [7, 11) is 0. The summed E-state index contributed by atoms with van der Waals surface area (Å²) in [5, 5.41) is 9.13. The minimum atomic E-state index is -0.805. The monoisotopic (exact) mass is 314 g/mol. The molecule has 1 aliphatic carbocycles. The Morgan fingerprint density at radius 1 is 1.30 bits per heavy atom. The van der Waals surface area contributed by atoms with Crippen molar-refractivity contribution in [2.24, 2.45) is 5.41 Å². The van der Waals surface area contributed by atoms with E-state index in [0.717, 1.165) is 37.7 Å². The van der Waals surface area contributed by atoms with E-state index in [2.05, 4.69) is 0 Å². The number of hydrogen-bond donors (Lipinski definition) is 1. The third kappa shape index (κ3) is 3.61. The number of carboxylic acid groups (broad SMARTS) is 1. The summed E-state index contributed by atoms with van der Waals surface area (Å²) in [6, 6.07) is 1.81. The summed E-state index contributed by atoms with van der Waals surface area (Å²) < 4.78 is 0.643. The average molecular weight is 315 g/mol. The summed E-state index contributed by atoms with van der Waals surface area (Å²) in [6.45, 7) is 1.88. The van der Waals surface area contributed by atoms with Crippen LogP contribution in [0.3, 0.4) is 0 Å². The molecule has 20 heavy (non-hydrogen) atoms. The molecule has 1 aromatic heterocycles. The van der Waals surface area contributed by atoms with E-state index in [0.29, 0.717) is 15.6 Å². The summed E-state index contributed by atoms with van der Waals surface area (Å²) in [5.41, 5.74) is 0.557. The molecule has 1 fully saturated rings. The standard InChI is InChI=1S/C15H19ClO3S/c1-10-7-12(20-14(10)16)11(17)8-15(9-13(18)19)5-3-2-4-6-15/h7H,2-6,8-9H2,1H3,(H,18,19). The van der Waals surface area contributed by atoms with E-state index in [1.165, 1.54) is 11.3 Å². The van der Waals surface area contributed by atoms with Gasteiger partial charge in [0.05, 0.1) is 15.6 Å². The molecule has 0 saturated heterocycles. The van der Waals surface area contributed by atoms with Crippen LogP contribution in [-0.2, 0) is 4.79 Å². The van der Waals surface area contributed by atoms with Crippen molar-refractivity contribution in [3.63, 3.8) is 0 Å². The lowest BCUT2D eigenvalue weighted by Crippen LogP contribution is -2.30. The maximum atomic E-state index is 12.4. The molecule has 0 aromatic carbocycles. The topological polar surface area (TPSA) is 54.4 Å². The number of carbonyl (C=O) groups excluding carboxylic acids is 1. The number of aryl methyl sites for hydroxylation is 1. The van der Waals surface area contributed by atoms with Gasteiger partial charge in [-0.25, -0.2) is 0 Å². The predicted octanol–water partition coefficient (Wildman–Crippen LogP) is 4.71. The maximum Gasteiger partial charge on any atom is 0.303 e. The number of ketones is 1. The Labute approximate surface area is 128 Å². The van der Waals surface area contributed by atoms with Gasteiger partial charge in [0.25, 0.3) is 0 Å². The molecule has 0 radical (unpaired) electrons. The summed E-state index contributed by atoms with van der Waals surface area (Å²) in [4.78, 5) is 24.2. The van der Waals surface area contributed by atoms with Gasteiger partial charge in [0.15, 0.2) is 5.78 Å². The molecule has 110 valence electrons. The molecule has 2 rings (SSSR count). The number of Topliss-reactive ketones (excluding diaryl/α,β-unsaturated/α-hetero) is 1. The Hall–Kier alpha value is -0.870. The van der Waals surface area contributed by atoms with E-state index in [1.807, 2.05) is 13.0 Å². The molecule has 1 aromatic rings. The van der Waals surface area contributed by atoms with Crippen molar-refractivity contribution in [1.29, 1.82) is 0 Å². The largest absolute Gasteiger partial charge is 0.481 e. The lowest BCUT2D eigenvalue weighted by molar-refractivity contribution is -0.140. The zero-order valence-corrected chi connectivity index (χ0v) is 13.1. The first-order valence-corrected chi connectivity index (χ1v) is 8.12. The summed E-state index contributed by atoms with van der Waals surface area (Å²) in [6.07, 6.45) is 5.27. The number of halogens is 1. The lowest BCUT2D eigenvalue weighted by atomic mass is 9.69. The van der Waals surface area contributed by atoms with Crippen molar-refractivity contribution in [2.75, 3.05) is 0 Å². The molecule has 1 aliphatic rings. The van der Waals surface area contributed by atoms with E-state index >= 15 is 0 Å². The molecule has 0 aliphatic heterocycles. The van der Waals surface area contributed by atoms with Gasteiger partial charge in [-0.1, -0.05) is 30.9 Å². The molecule has 0 atom stereocenters. The number of carbonyl (C=O) groups is 2. The fraction of sp³-hybridized carbons (Fsp3) is 0.600. The molecule has 0 amide bonds. The van der Waals surface area contributed by atoms with Gasteiger partial charge >= 0.3 is 5.97 Å². The second kappa shape index (κ2) is 6.27. The zero-order valence-electron chi connectivity index (χ0n) is 11.6. The van der Waals surface area contributed by atoms with Crippen LogP contribution in [0.25, 0.3) is 0 Å². The molecule has 3 nitrogen and oxygen atoms in total. The molecular weight excluding hydrogens is 296 g/mol. The first-order valence-electron chi connectivity index (χ1n) is 6.93. The van der Waals surface area contributed by atoms with Crippen LogP contribution in [-0.4, -0.2) is 16.9 Å². The van der Waals surface area contributed by atoms with Gasteiger partial charge in [0.2, 0.25) is 0 Å². The number of thiophene rings is 1. The molecule has 0 spiro atoms. The Morgan fingerprint density at radius 3 is 2.45 bits per heavy atom. The van der Waals surface area contributed by atoms with Crippen LogP contribution >= 0.6 is 22.9 Å². The van der Waals surface area contributed by atoms with Crippen molar-refractivity contribution < 1.29 is 14.7 Å². The normalized spacial score (nSPS) is 17.9. The fourth-order valence-electron chi connectivity index (χ4n) is 3.06. The molecule has 5 heteroatoms. The van der Waals surface area contributed by atoms with Crippen molar-refractivity contribution in [3.8, 4) is 0 Å². The van der Waals surface area contributed by atoms with Crippen LogP contribution < -0.4 is 0 Å². The lowest BCUT2D eigenvalue weighted by Gasteiger charge is -2.35.